The molecule has 2 heterocycles. The minimum atomic E-state index is -1.91. The normalized spacial score (nSPS) is 26.1. The first-order valence-electron chi connectivity index (χ1n) is 11.9. The summed E-state index contributed by atoms with van der Waals surface area (Å²) in [6.45, 7) is 18.6. The van der Waals surface area contributed by atoms with Crippen LogP contribution in [-0.2, 0) is 25.4 Å². The zero-order valence-corrected chi connectivity index (χ0v) is 25.4. The van der Waals surface area contributed by atoms with Gasteiger partial charge in [0, 0.05) is 10.3 Å². The van der Waals surface area contributed by atoms with Crippen LogP contribution in [0.2, 0.25) is 18.1 Å². The number of thioether (sulfide) groups is 1. The average molecular weight is 599 g/mol. The molecule has 198 valence electrons. The molecule has 2 aliphatic heterocycles. The second-order valence-corrected chi connectivity index (χ2v) is 19.2. The number of hydrogen-bond donors (Lipinski definition) is 1. The summed E-state index contributed by atoms with van der Waals surface area (Å²) < 4.78 is 9.27. The van der Waals surface area contributed by atoms with E-state index in [9.17, 15) is 19.5 Å². The molecule has 0 spiro atoms. The molecule has 2 saturated heterocycles. The molecule has 0 bridgehead atoms. The molecule has 1 aromatic rings. The van der Waals surface area contributed by atoms with Gasteiger partial charge in [0.25, 0.3) is 0 Å². The molecule has 2 fully saturated rings. The van der Waals surface area contributed by atoms with E-state index in [1.165, 1.54) is 22.7 Å². The van der Waals surface area contributed by atoms with Crippen LogP contribution in [0.5, 0.6) is 0 Å². The number of β-lactam (4-membered cyclic amide) rings is 1. The molecular formula is C26H36BrNO6SSi. The van der Waals surface area contributed by atoms with Crippen LogP contribution in [0.3, 0.4) is 0 Å². The van der Waals surface area contributed by atoms with Crippen molar-refractivity contribution in [1.82, 2.24) is 4.90 Å². The molecule has 2 unspecified atom stereocenters. The van der Waals surface area contributed by atoms with Crippen LogP contribution in [0, 0.1) is 0 Å². The van der Waals surface area contributed by atoms with Crippen molar-refractivity contribution in [3.63, 3.8) is 0 Å². The number of Topliss-reactive ketones (excluding diaryl/α,β-unsaturated/α-hetero) is 1. The van der Waals surface area contributed by atoms with Crippen molar-refractivity contribution in [3.8, 4) is 0 Å². The minimum Gasteiger partial charge on any atom is -0.460 e. The van der Waals surface area contributed by atoms with E-state index in [1.54, 1.807) is 12.1 Å². The predicted molar refractivity (Wildman–Crippen MR) is 148 cm³/mol. The molecule has 2 aliphatic rings. The maximum absolute atomic E-state index is 13.2. The van der Waals surface area contributed by atoms with Crippen LogP contribution >= 0.6 is 27.7 Å². The molecule has 7 nitrogen and oxygen atoms in total. The lowest BCUT2D eigenvalue weighted by atomic mass is 9.84. The highest BCUT2D eigenvalue weighted by Crippen LogP contribution is 2.59. The van der Waals surface area contributed by atoms with E-state index in [-0.39, 0.29) is 11.6 Å². The van der Waals surface area contributed by atoms with Gasteiger partial charge in [0.05, 0.1) is 6.61 Å². The third-order valence-electron chi connectivity index (χ3n) is 7.38. The smallest absolute Gasteiger partial charge is 0.330 e. The fourth-order valence-electron chi connectivity index (χ4n) is 4.09. The molecular weight excluding hydrogens is 562 g/mol. The summed E-state index contributed by atoms with van der Waals surface area (Å²) in [6, 6.07) is 6.08. The van der Waals surface area contributed by atoms with Gasteiger partial charge < -0.3 is 19.2 Å². The molecule has 0 aromatic heterocycles. The number of nitrogens with zero attached hydrogens (tertiary/aromatic N) is 1. The van der Waals surface area contributed by atoms with Crippen molar-refractivity contribution in [2.75, 3.05) is 6.61 Å². The number of carbonyl (C=O) groups excluding carboxylic acids is 3. The quantitative estimate of drug-likeness (QED) is 0.110. The minimum absolute atomic E-state index is 0.0419. The van der Waals surface area contributed by atoms with Crippen LogP contribution in [0.15, 0.2) is 36.9 Å². The topological polar surface area (TPSA) is 93.1 Å². The van der Waals surface area contributed by atoms with Gasteiger partial charge in [-0.3, -0.25) is 9.59 Å². The molecule has 0 saturated carbocycles. The zero-order chi connectivity index (χ0) is 27.3. The molecule has 4 atom stereocenters. The van der Waals surface area contributed by atoms with E-state index in [0.29, 0.717) is 12.2 Å². The number of aliphatic hydroxyl groups excluding tert-OH is 1. The molecule has 0 aliphatic carbocycles. The molecule has 1 aromatic carbocycles. The Hall–Kier alpha value is -1.46. The third kappa shape index (κ3) is 4.99. The fraction of sp³-hybridized carbons (Fsp3) is 0.577. The summed E-state index contributed by atoms with van der Waals surface area (Å²) in [5.74, 6) is -1.60. The molecule has 36 heavy (non-hydrogen) atoms. The second-order valence-electron chi connectivity index (χ2n) is 11.4. The fourth-order valence-corrected chi connectivity index (χ4v) is 7.61. The van der Waals surface area contributed by atoms with Gasteiger partial charge in [0.15, 0.2) is 18.4 Å². The third-order valence-corrected chi connectivity index (χ3v) is 15.0. The highest BCUT2D eigenvalue weighted by atomic mass is 79.9. The van der Waals surface area contributed by atoms with Crippen LogP contribution < -0.4 is 0 Å². The Morgan fingerprint density at radius 1 is 1.28 bits per heavy atom. The molecule has 10 heteroatoms. The molecule has 0 radical (unpaired) electrons. The number of fused-ring (bicyclic) bond motifs is 1. The maximum Gasteiger partial charge on any atom is 0.330 e. The van der Waals surface area contributed by atoms with Crippen molar-refractivity contribution in [1.29, 1.82) is 0 Å². The summed E-state index contributed by atoms with van der Waals surface area (Å²) in [5, 5.41) is 10.6. The summed E-state index contributed by atoms with van der Waals surface area (Å²) in [6.07, 6.45) is -0.156. The Morgan fingerprint density at radius 2 is 1.86 bits per heavy atom. The lowest BCUT2D eigenvalue weighted by molar-refractivity contribution is -0.166. The summed E-state index contributed by atoms with van der Waals surface area (Å²) in [7, 11) is -1.91. The van der Waals surface area contributed by atoms with Crippen molar-refractivity contribution in [2.45, 2.75) is 85.9 Å². The number of esters is 1. The Bertz CT molecular complexity index is 1050. The molecule has 3 rings (SSSR count). The highest BCUT2D eigenvalue weighted by Gasteiger charge is 2.74. The average Bonchev–Trinajstić information content (AvgIpc) is 3.08. The first kappa shape index (κ1) is 29.1. The first-order valence-corrected chi connectivity index (χ1v) is 16.5. The number of aliphatic hydroxyl groups is 1. The standard InChI is InChI=1S/C26H36BrNO6SSi/c1-9-14-33-21(31)19-25(5,6)35-23-26(27,22(32)28(19)23)20(30)18(29)17-12-10-16(11-13-17)15-34-36(7,8)24(2,3)4/h9-13,19-20,23,30H,1,14-15H2,2-8H3/t19-,20?,23+,26?/m0/s1. The van der Waals surface area contributed by atoms with Crippen molar-refractivity contribution >= 4 is 53.7 Å². The van der Waals surface area contributed by atoms with Crippen molar-refractivity contribution in [3.05, 3.63) is 48.0 Å². The van der Waals surface area contributed by atoms with E-state index in [4.69, 9.17) is 9.16 Å². The summed E-state index contributed by atoms with van der Waals surface area (Å²) in [5.41, 5.74) is 1.23. The Balaban J connectivity index is 1.73. The number of benzene rings is 1. The van der Waals surface area contributed by atoms with Gasteiger partial charge in [-0.1, -0.05) is 73.6 Å². The second kappa shape index (κ2) is 10.0. The van der Waals surface area contributed by atoms with Gasteiger partial charge in [-0.15, -0.1) is 11.8 Å². The zero-order valence-electron chi connectivity index (χ0n) is 22.0. The number of halogens is 1. The van der Waals surface area contributed by atoms with Crippen LogP contribution in [-0.4, -0.2) is 69.2 Å². The van der Waals surface area contributed by atoms with E-state index in [0.717, 1.165) is 5.56 Å². The largest absolute Gasteiger partial charge is 0.460 e. The number of amides is 1. The number of ether oxygens (including phenoxy) is 1. The van der Waals surface area contributed by atoms with Gasteiger partial charge >= 0.3 is 5.97 Å². The first-order chi connectivity index (χ1) is 16.5. The summed E-state index contributed by atoms with van der Waals surface area (Å²) >= 11 is 4.76. The van der Waals surface area contributed by atoms with E-state index in [2.05, 4.69) is 56.4 Å². The lowest BCUT2D eigenvalue weighted by Gasteiger charge is -2.51. The van der Waals surface area contributed by atoms with E-state index >= 15 is 0 Å². The van der Waals surface area contributed by atoms with Crippen LogP contribution in [0.25, 0.3) is 0 Å². The molecule has 1 N–H and O–H groups in total. The number of ketones is 1. The lowest BCUT2D eigenvalue weighted by Crippen LogP contribution is -2.75. The monoisotopic (exact) mass is 597 g/mol. The van der Waals surface area contributed by atoms with Gasteiger partial charge in [0.1, 0.15) is 24.1 Å². The Labute approximate surface area is 227 Å². The SMILES string of the molecule is C=CCOC(=O)[C@@H]1N2C(=O)C(Br)(C(O)C(=O)c3ccc(CO[Si](C)(C)C(C)(C)C)cc3)[C@H]2SC1(C)C. The van der Waals surface area contributed by atoms with Crippen LogP contribution in [0.1, 0.15) is 50.5 Å². The number of rotatable bonds is 9. The van der Waals surface area contributed by atoms with Gasteiger partial charge in [-0.25, -0.2) is 4.79 Å². The number of hydrogen-bond acceptors (Lipinski definition) is 7. The number of carbonyl (C=O) groups is 3. The Kier molecular flexibility index (Phi) is 8.10. The number of alkyl halides is 1. The maximum atomic E-state index is 13.2. The van der Waals surface area contributed by atoms with Gasteiger partial charge in [-0.05, 0) is 37.5 Å². The Morgan fingerprint density at radius 3 is 2.39 bits per heavy atom. The van der Waals surface area contributed by atoms with Gasteiger partial charge in [0.2, 0.25) is 5.91 Å². The molecule has 1 amide bonds. The van der Waals surface area contributed by atoms with Crippen molar-refractivity contribution < 1.29 is 28.7 Å². The predicted octanol–water partition coefficient (Wildman–Crippen LogP) is 4.68. The van der Waals surface area contributed by atoms with E-state index in [1.807, 2.05) is 26.0 Å². The van der Waals surface area contributed by atoms with E-state index < -0.39 is 52.6 Å². The van der Waals surface area contributed by atoms with Crippen molar-refractivity contribution in [2.24, 2.45) is 0 Å². The summed E-state index contributed by atoms with van der Waals surface area (Å²) in [4.78, 5) is 40.5. The van der Waals surface area contributed by atoms with Crippen LogP contribution in [0.4, 0.5) is 0 Å². The highest BCUT2D eigenvalue weighted by molar-refractivity contribution is 9.10. The van der Waals surface area contributed by atoms with Gasteiger partial charge in [-0.2, -0.15) is 0 Å².